The highest BCUT2D eigenvalue weighted by atomic mass is 35.5. The molecular formula is C29H36ClN3O5. The van der Waals surface area contributed by atoms with Crippen molar-refractivity contribution in [1.29, 1.82) is 0 Å². The quantitative estimate of drug-likeness (QED) is 0.187. The van der Waals surface area contributed by atoms with Gasteiger partial charge < -0.3 is 19.3 Å². The van der Waals surface area contributed by atoms with Crippen molar-refractivity contribution in [3.63, 3.8) is 0 Å². The molecule has 1 aliphatic carbocycles. The first-order chi connectivity index (χ1) is 18.5. The summed E-state index contributed by atoms with van der Waals surface area (Å²) in [5.41, 5.74) is 1.84. The molecule has 1 N–H and O–H groups in total. The predicted molar refractivity (Wildman–Crippen MR) is 146 cm³/mol. The van der Waals surface area contributed by atoms with Gasteiger partial charge in [0, 0.05) is 16.5 Å². The fourth-order valence-electron chi connectivity index (χ4n) is 4.96. The maximum atomic E-state index is 12.5. The monoisotopic (exact) mass is 541 g/mol. The molecule has 2 heterocycles. The Morgan fingerprint density at radius 1 is 1.21 bits per heavy atom. The molecule has 2 unspecified atom stereocenters. The van der Waals surface area contributed by atoms with Crippen LogP contribution in [0.1, 0.15) is 87.2 Å². The van der Waals surface area contributed by atoms with E-state index in [0.717, 1.165) is 29.9 Å². The highest BCUT2D eigenvalue weighted by Crippen LogP contribution is 2.43. The number of halogens is 1. The molecule has 9 heteroatoms. The van der Waals surface area contributed by atoms with Gasteiger partial charge in [0.1, 0.15) is 24.3 Å². The molecule has 1 aromatic carbocycles. The van der Waals surface area contributed by atoms with Crippen LogP contribution in [-0.4, -0.2) is 46.2 Å². The maximum Gasteiger partial charge on any atom is 0.308 e. The molecule has 204 valence electrons. The number of carbonyl (C=O) groups excluding carboxylic acids is 1. The van der Waals surface area contributed by atoms with Gasteiger partial charge >= 0.3 is 5.97 Å². The Hall–Kier alpha value is -3.12. The number of esters is 1. The predicted octanol–water partition coefficient (Wildman–Crippen LogP) is 5.75. The van der Waals surface area contributed by atoms with Gasteiger partial charge in [-0.15, -0.1) is 23.0 Å². The fourth-order valence-corrected chi connectivity index (χ4v) is 5.15. The average Bonchev–Trinajstić information content (AvgIpc) is 3.34. The molecule has 0 saturated heterocycles. The largest absolute Gasteiger partial charge is 0.499 e. The molecule has 0 radical (unpaired) electrons. The highest BCUT2D eigenvalue weighted by molar-refractivity contribution is 6.30. The van der Waals surface area contributed by atoms with E-state index in [-0.39, 0.29) is 25.1 Å². The van der Waals surface area contributed by atoms with Crippen molar-refractivity contribution in [2.75, 3.05) is 20.3 Å². The van der Waals surface area contributed by atoms with E-state index in [1.807, 2.05) is 30.4 Å². The molecule has 0 bridgehead atoms. The number of benzene rings is 1. The van der Waals surface area contributed by atoms with Crippen LogP contribution in [0, 0.1) is 12.8 Å². The van der Waals surface area contributed by atoms with Gasteiger partial charge in [0.05, 0.1) is 31.9 Å². The van der Waals surface area contributed by atoms with Crippen LogP contribution in [0.5, 0.6) is 0 Å². The van der Waals surface area contributed by atoms with Gasteiger partial charge in [0.25, 0.3) is 0 Å². The highest BCUT2D eigenvalue weighted by Gasteiger charge is 2.36. The van der Waals surface area contributed by atoms with Gasteiger partial charge in [-0.1, -0.05) is 43.0 Å². The number of aliphatic hydroxyl groups is 1. The second-order valence-corrected chi connectivity index (χ2v) is 9.51. The Morgan fingerprint density at radius 2 is 1.95 bits per heavy atom. The van der Waals surface area contributed by atoms with E-state index in [2.05, 4.69) is 27.6 Å². The van der Waals surface area contributed by atoms with E-state index in [1.165, 1.54) is 26.4 Å². The minimum absolute atomic E-state index is 0.0385. The number of hydrogen-bond acceptors (Lipinski definition) is 7. The minimum atomic E-state index is -0.624. The molecule has 1 saturated carbocycles. The minimum Gasteiger partial charge on any atom is -0.499 e. The lowest BCUT2D eigenvalue weighted by Crippen LogP contribution is -2.17. The smallest absolute Gasteiger partial charge is 0.308 e. The summed E-state index contributed by atoms with van der Waals surface area (Å²) < 4.78 is 19.0. The van der Waals surface area contributed by atoms with Crippen molar-refractivity contribution >= 4 is 17.6 Å². The lowest BCUT2D eigenvalue weighted by molar-refractivity contribution is -0.148. The molecule has 1 aliphatic heterocycles. The second-order valence-electron chi connectivity index (χ2n) is 9.07. The second kappa shape index (κ2) is 14.7. The number of ether oxygens (including phenoxy) is 3. The summed E-state index contributed by atoms with van der Waals surface area (Å²) in [7, 11) is 1.52. The number of nitrogens with zero attached hydrogens (tertiary/aromatic N) is 3. The van der Waals surface area contributed by atoms with E-state index in [0.29, 0.717) is 35.6 Å². The van der Waals surface area contributed by atoms with Gasteiger partial charge in [-0.25, -0.2) is 0 Å². The standard InChI is InChI=1S/C27H34ClN3O5.C2H2/c1-3-35-25(33)16-24-27-30-29-26(18-9-5-4-6-10-18)31(27)22-14-13-19(28)15-21(22)23(36-24)12-8-7-11-20(17-32)34-2;1-2/h7-8,11,13-15,18,23-24,32H,3-6,9-10,12,16-17H2,1-2H3;1-2H/b8-7-,20-11+;. The van der Waals surface area contributed by atoms with Gasteiger partial charge in [0.2, 0.25) is 0 Å². The molecule has 2 atom stereocenters. The third-order valence-electron chi connectivity index (χ3n) is 6.72. The fraction of sp³-hybridized carbons (Fsp3) is 0.483. The lowest BCUT2D eigenvalue weighted by Gasteiger charge is -2.23. The van der Waals surface area contributed by atoms with Crippen LogP contribution in [0.15, 0.2) is 42.2 Å². The van der Waals surface area contributed by atoms with Crippen LogP contribution in [0.3, 0.4) is 0 Å². The SMILES string of the molecule is C#C.CCOC(=O)CC1OC(C/C=C\C=C(/CO)OC)c2cc(Cl)ccc2-n2c(C3CCCCC3)nnc21. The van der Waals surface area contributed by atoms with Crippen LogP contribution < -0.4 is 0 Å². The Labute approximate surface area is 229 Å². The zero-order valence-corrected chi connectivity index (χ0v) is 22.8. The topological polar surface area (TPSA) is 95.7 Å². The first-order valence-corrected chi connectivity index (χ1v) is 13.3. The third-order valence-corrected chi connectivity index (χ3v) is 6.96. The number of fused-ring (bicyclic) bond motifs is 3. The van der Waals surface area contributed by atoms with Crippen LogP contribution >= 0.6 is 11.6 Å². The van der Waals surface area contributed by atoms with Crippen molar-refractivity contribution < 1.29 is 24.1 Å². The molecule has 2 aliphatic rings. The Balaban J connectivity index is 0.00000195. The molecule has 4 rings (SSSR count). The Bertz CT molecular complexity index is 1140. The van der Waals surface area contributed by atoms with Gasteiger partial charge in [-0.3, -0.25) is 9.36 Å². The van der Waals surface area contributed by atoms with Gasteiger partial charge in [-0.2, -0.15) is 0 Å². The lowest BCUT2D eigenvalue weighted by atomic mass is 9.88. The van der Waals surface area contributed by atoms with Gasteiger partial charge in [-0.05, 0) is 50.5 Å². The van der Waals surface area contributed by atoms with Gasteiger partial charge in [0.15, 0.2) is 5.82 Å². The molecule has 2 aromatic rings. The molecular weight excluding hydrogens is 506 g/mol. The first-order valence-electron chi connectivity index (χ1n) is 13.0. The van der Waals surface area contributed by atoms with Crippen LogP contribution in [0.2, 0.25) is 5.02 Å². The zero-order chi connectivity index (χ0) is 27.5. The summed E-state index contributed by atoms with van der Waals surface area (Å²) in [6.45, 7) is 1.90. The summed E-state index contributed by atoms with van der Waals surface area (Å²) in [4.78, 5) is 12.5. The van der Waals surface area contributed by atoms with Crippen molar-refractivity contribution in [2.45, 2.75) is 70.0 Å². The molecule has 8 nitrogen and oxygen atoms in total. The number of hydrogen-bond donors (Lipinski definition) is 1. The molecule has 38 heavy (non-hydrogen) atoms. The summed E-state index contributed by atoms with van der Waals surface area (Å²) >= 11 is 6.45. The number of aliphatic hydroxyl groups excluding tert-OH is 1. The van der Waals surface area contributed by atoms with Crippen LogP contribution in [-0.2, 0) is 19.0 Å². The number of carbonyl (C=O) groups is 1. The Morgan fingerprint density at radius 3 is 2.63 bits per heavy atom. The normalized spacial score (nSPS) is 19.6. The number of aromatic nitrogens is 3. The van der Waals surface area contributed by atoms with Crippen LogP contribution in [0.25, 0.3) is 5.69 Å². The van der Waals surface area contributed by atoms with E-state index >= 15 is 0 Å². The van der Waals surface area contributed by atoms with Crippen molar-refractivity contribution in [2.24, 2.45) is 0 Å². The van der Waals surface area contributed by atoms with Crippen molar-refractivity contribution in [1.82, 2.24) is 14.8 Å². The third kappa shape index (κ3) is 7.04. The van der Waals surface area contributed by atoms with E-state index in [1.54, 1.807) is 13.0 Å². The molecule has 0 amide bonds. The molecule has 0 spiro atoms. The van der Waals surface area contributed by atoms with E-state index in [4.69, 9.17) is 25.8 Å². The van der Waals surface area contributed by atoms with E-state index < -0.39 is 6.10 Å². The summed E-state index contributed by atoms with van der Waals surface area (Å²) in [6.07, 6.45) is 18.7. The molecule has 1 aromatic heterocycles. The average molecular weight is 542 g/mol. The van der Waals surface area contributed by atoms with Crippen molar-refractivity contribution in [3.05, 3.63) is 64.4 Å². The number of methoxy groups -OCH3 is 1. The number of allylic oxidation sites excluding steroid dienone is 2. The number of rotatable bonds is 9. The summed E-state index contributed by atoms with van der Waals surface area (Å²) in [5, 5.41) is 19.1. The Kier molecular flexibility index (Phi) is 11.4. The van der Waals surface area contributed by atoms with Crippen LogP contribution in [0.4, 0.5) is 0 Å². The number of terminal acetylenes is 1. The zero-order valence-electron chi connectivity index (χ0n) is 22.0. The van der Waals surface area contributed by atoms with Crippen molar-refractivity contribution in [3.8, 4) is 18.5 Å². The molecule has 1 fully saturated rings. The van der Waals surface area contributed by atoms with E-state index in [9.17, 15) is 9.90 Å². The summed E-state index contributed by atoms with van der Waals surface area (Å²) in [6, 6.07) is 5.77. The first kappa shape index (κ1) is 29.4. The summed E-state index contributed by atoms with van der Waals surface area (Å²) in [5.74, 6) is 1.95. The maximum absolute atomic E-state index is 12.5.